The molecule has 110 valence electrons. The summed E-state index contributed by atoms with van der Waals surface area (Å²) in [5.41, 5.74) is 0.768. The van der Waals surface area contributed by atoms with Crippen LogP contribution in [0, 0.1) is 5.41 Å². The Balaban J connectivity index is 2.16. The van der Waals surface area contributed by atoms with Crippen LogP contribution in [-0.4, -0.2) is 29.1 Å². The number of nitrogens with zero attached hydrogens (tertiary/aromatic N) is 1. The van der Waals surface area contributed by atoms with Crippen LogP contribution in [0.15, 0.2) is 30.3 Å². The highest BCUT2D eigenvalue weighted by Gasteiger charge is 2.45. The van der Waals surface area contributed by atoms with Crippen molar-refractivity contribution in [3.63, 3.8) is 0 Å². The topological polar surface area (TPSA) is 40.5 Å². The predicted octanol–water partition coefficient (Wildman–Crippen LogP) is 3.71. The maximum absolute atomic E-state index is 11.7. The van der Waals surface area contributed by atoms with Crippen molar-refractivity contribution in [1.82, 2.24) is 4.90 Å². The normalized spacial score (nSPS) is 24.7. The lowest BCUT2D eigenvalue weighted by Crippen LogP contribution is -2.35. The summed E-state index contributed by atoms with van der Waals surface area (Å²) in [6.45, 7) is 5.82. The summed E-state index contributed by atoms with van der Waals surface area (Å²) in [5, 5.41) is 9.61. The molecule has 2 rings (SSSR count). The smallest absolute Gasteiger partial charge is 0.310 e. The van der Waals surface area contributed by atoms with Crippen LogP contribution >= 0.6 is 0 Å². The van der Waals surface area contributed by atoms with Gasteiger partial charge in [-0.05, 0) is 31.4 Å². The summed E-state index contributed by atoms with van der Waals surface area (Å²) in [6.07, 6.45) is 3.51. The second kappa shape index (κ2) is 6.40. The molecule has 1 aromatic carbocycles. The molecule has 0 radical (unpaired) electrons. The summed E-state index contributed by atoms with van der Waals surface area (Å²) >= 11 is 0. The molecule has 1 aliphatic rings. The van der Waals surface area contributed by atoms with Gasteiger partial charge in [0, 0.05) is 12.6 Å². The molecule has 0 amide bonds. The van der Waals surface area contributed by atoms with E-state index in [0.717, 1.165) is 32.2 Å². The van der Waals surface area contributed by atoms with Gasteiger partial charge in [0.2, 0.25) is 0 Å². The Kier molecular flexibility index (Phi) is 4.81. The zero-order valence-corrected chi connectivity index (χ0v) is 12.5. The average Bonchev–Trinajstić information content (AvgIpc) is 2.87. The molecule has 0 aromatic heterocycles. The minimum Gasteiger partial charge on any atom is -0.481 e. The van der Waals surface area contributed by atoms with E-state index in [1.165, 1.54) is 5.56 Å². The lowest BCUT2D eigenvalue weighted by molar-refractivity contribution is -0.148. The average molecular weight is 275 g/mol. The molecule has 1 N–H and O–H groups in total. The third-order valence-electron chi connectivity index (χ3n) is 4.58. The van der Waals surface area contributed by atoms with Gasteiger partial charge in [0.25, 0.3) is 0 Å². The lowest BCUT2D eigenvalue weighted by atomic mass is 9.82. The molecular formula is C17H25NO2. The largest absolute Gasteiger partial charge is 0.481 e. The minimum absolute atomic E-state index is 0.342. The number of likely N-dealkylation sites (tertiary alicyclic amines) is 1. The van der Waals surface area contributed by atoms with E-state index >= 15 is 0 Å². The van der Waals surface area contributed by atoms with Crippen LogP contribution in [0.2, 0.25) is 0 Å². The van der Waals surface area contributed by atoms with Crippen molar-refractivity contribution in [3.8, 4) is 0 Å². The van der Waals surface area contributed by atoms with Gasteiger partial charge >= 0.3 is 5.97 Å². The Morgan fingerprint density at radius 2 is 2.05 bits per heavy atom. The van der Waals surface area contributed by atoms with Crippen LogP contribution in [0.4, 0.5) is 0 Å². The van der Waals surface area contributed by atoms with Crippen molar-refractivity contribution in [2.24, 2.45) is 5.41 Å². The summed E-state index contributed by atoms with van der Waals surface area (Å²) < 4.78 is 0. The fraction of sp³-hybridized carbons (Fsp3) is 0.588. The second-order valence-electron chi connectivity index (χ2n) is 5.89. The van der Waals surface area contributed by atoms with Crippen LogP contribution in [0.5, 0.6) is 0 Å². The number of rotatable bonds is 6. The number of carbonyl (C=O) groups is 1. The molecule has 0 aliphatic carbocycles. The fourth-order valence-corrected chi connectivity index (χ4v) is 3.51. The van der Waals surface area contributed by atoms with Crippen molar-refractivity contribution >= 4 is 5.97 Å². The second-order valence-corrected chi connectivity index (χ2v) is 5.89. The van der Waals surface area contributed by atoms with E-state index in [4.69, 9.17) is 0 Å². The van der Waals surface area contributed by atoms with Crippen molar-refractivity contribution in [2.75, 3.05) is 13.1 Å². The Morgan fingerprint density at radius 3 is 2.60 bits per heavy atom. The van der Waals surface area contributed by atoms with E-state index in [1.54, 1.807) is 0 Å². The molecule has 2 unspecified atom stereocenters. The van der Waals surface area contributed by atoms with E-state index in [9.17, 15) is 9.90 Å². The maximum atomic E-state index is 11.7. The van der Waals surface area contributed by atoms with E-state index in [-0.39, 0.29) is 0 Å². The summed E-state index contributed by atoms with van der Waals surface area (Å²) in [4.78, 5) is 14.0. The minimum atomic E-state index is -0.621. The molecule has 3 nitrogen and oxygen atoms in total. The molecule has 0 bridgehead atoms. The molecule has 1 aliphatic heterocycles. The number of aliphatic carboxylic acids is 1. The zero-order valence-electron chi connectivity index (χ0n) is 12.5. The third-order valence-corrected chi connectivity index (χ3v) is 4.58. The zero-order chi connectivity index (χ0) is 14.6. The van der Waals surface area contributed by atoms with Gasteiger partial charge in [-0.2, -0.15) is 0 Å². The lowest BCUT2D eigenvalue weighted by Gasteiger charge is -2.30. The molecule has 1 aromatic rings. The van der Waals surface area contributed by atoms with Crippen LogP contribution in [0.3, 0.4) is 0 Å². The Labute approximate surface area is 121 Å². The number of hydrogen-bond acceptors (Lipinski definition) is 2. The Morgan fingerprint density at radius 1 is 1.35 bits per heavy atom. The van der Waals surface area contributed by atoms with E-state index in [0.29, 0.717) is 12.6 Å². The summed E-state index contributed by atoms with van der Waals surface area (Å²) in [5.74, 6) is -0.621. The summed E-state index contributed by atoms with van der Waals surface area (Å²) in [6, 6.07) is 10.8. The molecular weight excluding hydrogens is 250 g/mol. The molecule has 1 fully saturated rings. The maximum Gasteiger partial charge on any atom is 0.310 e. The number of hydrogen-bond donors (Lipinski definition) is 1. The molecule has 0 spiro atoms. The number of carboxylic acid groups (broad SMARTS) is 1. The van der Waals surface area contributed by atoms with Gasteiger partial charge in [-0.3, -0.25) is 9.69 Å². The standard InChI is InChI=1S/C17H25NO2/c1-3-10-17(16(19)20)11-12-18(13-17)15(4-2)14-8-6-5-7-9-14/h5-9,15H,3-4,10-13H2,1-2H3,(H,19,20). The van der Waals surface area contributed by atoms with Gasteiger partial charge in [-0.25, -0.2) is 0 Å². The highest BCUT2D eigenvalue weighted by Crippen LogP contribution is 2.40. The predicted molar refractivity (Wildman–Crippen MR) is 80.6 cm³/mol. The Hall–Kier alpha value is -1.35. The highest BCUT2D eigenvalue weighted by atomic mass is 16.4. The van der Waals surface area contributed by atoms with Crippen molar-refractivity contribution in [1.29, 1.82) is 0 Å². The van der Waals surface area contributed by atoms with Crippen molar-refractivity contribution in [2.45, 2.75) is 45.6 Å². The van der Waals surface area contributed by atoms with E-state index in [1.807, 2.05) is 6.07 Å². The molecule has 1 saturated heterocycles. The number of carboxylic acids is 1. The fourth-order valence-electron chi connectivity index (χ4n) is 3.51. The molecule has 3 heteroatoms. The van der Waals surface area contributed by atoms with E-state index in [2.05, 4.69) is 43.0 Å². The molecule has 1 heterocycles. The Bertz CT molecular complexity index is 446. The van der Waals surface area contributed by atoms with Crippen LogP contribution in [0.1, 0.15) is 51.1 Å². The number of benzene rings is 1. The molecule has 2 atom stereocenters. The van der Waals surface area contributed by atoms with Crippen LogP contribution in [-0.2, 0) is 4.79 Å². The van der Waals surface area contributed by atoms with Gasteiger partial charge in [0.1, 0.15) is 0 Å². The first-order valence-electron chi connectivity index (χ1n) is 7.65. The van der Waals surface area contributed by atoms with Gasteiger partial charge in [-0.15, -0.1) is 0 Å². The highest BCUT2D eigenvalue weighted by molar-refractivity contribution is 5.75. The monoisotopic (exact) mass is 275 g/mol. The van der Waals surface area contributed by atoms with Crippen LogP contribution in [0.25, 0.3) is 0 Å². The van der Waals surface area contributed by atoms with Gasteiger partial charge < -0.3 is 5.11 Å². The van der Waals surface area contributed by atoms with Gasteiger partial charge in [0.05, 0.1) is 5.41 Å². The first-order valence-corrected chi connectivity index (χ1v) is 7.65. The third kappa shape index (κ3) is 2.88. The quantitative estimate of drug-likeness (QED) is 0.860. The van der Waals surface area contributed by atoms with Crippen molar-refractivity contribution < 1.29 is 9.90 Å². The first kappa shape index (κ1) is 15.0. The summed E-state index contributed by atoms with van der Waals surface area (Å²) in [7, 11) is 0. The molecule has 20 heavy (non-hydrogen) atoms. The molecule has 0 saturated carbocycles. The van der Waals surface area contributed by atoms with E-state index < -0.39 is 11.4 Å². The van der Waals surface area contributed by atoms with Crippen molar-refractivity contribution in [3.05, 3.63) is 35.9 Å². The van der Waals surface area contributed by atoms with Gasteiger partial charge in [0.15, 0.2) is 0 Å². The van der Waals surface area contributed by atoms with Gasteiger partial charge in [-0.1, -0.05) is 50.6 Å². The SMILES string of the molecule is CCCC1(C(=O)O)CCN(C(CC)c2ccccc2)C1. The first-order chi connectivity index (χ1) is 9.63. The van der Waals surface area contributed by atoms with Crippen LogP contribution < -0.4 is 0 Å².